The fourth-order valence-corrected chi connectivity index (χ4v) is 3.55. The van der Waals surface area contributed by atoms with E-state index in [9.17, 15) is 9.50 Å². The van der Waals surface area contributed by atoms with Gasteiger partial charge in [0, 0.05) is 19.1 Å². The van der Waals surface area contributed by atoms with Crippen LogP contribution in [-0.4, -0.2) is 42.3 Å². The second kappa shape index (κ2) is 6.20. The van der Waals surface area contributed by atoms with Crippen LogP contribution in [0.4, 0.5) is 4.39 Å². The lowest BCUT2D eigenvalue weighted by molar-refractivity contribution is 0.159. The largest absolute Gasteiger partial charge is 0.392 e. The highest BCUT2D eigenvalue weighted by Crippen LogP contribution is 2.33. The van der Waals surface area contributed by atoms with Crippen LogP contribution in [0.15, 0.2) is 24.3 Å². The van der Waals surface area contributed by atoms with E-state index in [1.807, 2.05) is 6.07 Å². The Bertz CT molecular complexity index is 448. The predicted molar refractivity (Wildman–Crippen MR) is 76.9 cm³/mol. The maximum Gasteiger partial charge on any atom is 0.123 e. The number of aliphatic hydroxyl groups is 1. The first-order valence-corrected chi connectivity index (χ1v) is 7.60. The summed E-state index contributed by atoms with van der Waals surface area (Å²) in [5, 5.41) is 13.4. The van der Waals surface area contributed by atoms with Gasteiger partial charge in [-0.25, -0.2) is 4.39 Å². The van der Waals surface area contributed by atoms with Gasteiger partial charge in [0.15, 0.2) is 0 Å². The zero-order valence-electron chi connectivity index (χ0n) is 11.8. The Morgan fingerprint density at radius 1 is 1.40 bits per heavy atom. The van der Waals surface area contributed by atoms with Crippen molar-refractivity contribution in [2.75, 3.05) is 26.2 Å². The van der Waals surface area contributed by atoms with E-state index in [1.54, 1.807) is 12.1 Å². The van der Waals surface area contributed by atoms with E-state index in [1.165, 1.54) is 18.9 Å². The molecule has 20 heavy (non-hydrogen) atoms. The molecule has 2 aliphatic rings. The fraction of sp³-hybridized carbons (Fsp3) is 0.625. The SMILES string of the molecule is OC1CC(c2cccc(F)c2)N(CC2CCCNC2)C1. The summed E-state index contributed by atoms with van der Waals surface area (Å²) >= 11 is 0. The highest BCUT2D eigenvalue weighted by atomic mass is 19.1. The molecule has 0 aliphatic carbocycles. The predicted octanol–water partition coefficient (Wildman–Crippen LogP) is 1.93. The summed E-state index contributed by atoms with van der Waals surface area (Å²) < 4.78 is 13.4. The quantitative estimate of drug-likeness (QED) is 0.887. The van der Waals surface area contributed by atoms with E-state index < -0.39 is 0 Å². The maximum atomic E-state index is 13.4. The normalized spacial score (nSPS) is 31.6. The molecule has 2 N–H and O–H groups in total. The second-order valence-electron chi connectivity index (χ2n) is 6.13. The van der Waals surface area contributed by atoms with E-state index >= 15 is 0 Å². The molecule has 0 radical (unpaired) electrons. The molecule has 0 spiro atoms. The number of nitrogens with one attached hydrogen (secondary N) is 1. The van der Waals surface area contributed by atoms with Crippen molar-refractivity contribution in [3.8, 4) is 0 Å². The van der Waals surface area contributed by atoms with Crippen LogP contribution in [-0.2, 0) is 0 Å². The lowest BCUT2D eigenvalue weighted by Crippen LogP contribution is -2.38. The van der Waals surface area contributed by atoms with Gasteiger partial charge in [-0.2, -0.15) is 0 Å². The van der Waals surface area contributed by atoms with E-state index in [0.717, 1.165) is 25.2 Å². The van der Waals surface area contributed by atoms with E-state index in [0.29, 0.717) is 18.9 Å². The summed E-state index contributed by atoms with van der Waals surface area (Å²) in [7, 11) is 0. The van der Waals surface area contributed by atoms with E-state index in [-0.39, 0.29) is 18.0 Å². The molecule has 0 amide bonds. The number of aliphatic hydroxyl groups excluding tert-OH is 1. The summed E-state index contributed by atoms with van der Waals surface area (Å²) in [6.07, 6.45) is 2.89. The van der Waals surface area contributed by atoms with Crippen LogP contribution >= 0.6 is 0 Å². The maximum absolute atomic E-state index is 13.4. The Kier molecular flexibility index (Phi) is 4.34. The molecule has 3 nitrogen and oxygen atoms in total. The van der Waals surface area contributed by atoms with Crippen molar-refractivity contribution in [2.45, 2.75) is 31.4 Å². The van der Waals surface area contributed by atoms with Gasteiger partial charge in [0.1, 0.15) is 5.82 Å². The first-order valence-electron chi connectivity index (χ1n) is 7.60. The van der Waals surface area contributed by atoms with E-state index in [4.69, 9.17) is 0 Å². The Balaban J connectivity index is 1.71. The Hall–Kier alpha value is -0.970. The smallest absolute Gasteiger partial charge is 0.123 e. The monoisotopic (exact) mass is 278 g/mol. The lowest BCUT2D eigenvalue weighted by Gasteiger charge is -2.31. The van der Waals surface area contributed by atoms with Crippen molar-refractivity contribution in [2.24, 2.45) is 5.92 Å². The van der Waals surface area contributed by atoms with Crippen LogP contribution in [0.3, 0.4) is 0 Å². The van der Waals surface area contributed by atoms with Gasteiger partial charge < -0.3 is 10.4 Å². The standard InChI is InChI=1S/C16H23FN2O/c17-14-5-1-4-13(7-14)16-8-15(20)11-19(16)10-12-3-2-6-18-9-12/h1,4-5,7,12,15-16,18,20H,2-3,6,8-11H2. The van der Waals surface area contributed by atoms with Crippen molar-refractivity contribution < 1.29 is 9.50 Å². The molecule has 0 saturated carbocycles. The van der Waals surface area contributed by atoms with Gasteiger partial charge in [0.05, 0.1) is 6.10 Å². The molecule has 2 saturated heterocycles. The molecule has 4 heteroatoms. The lowest BCUT2D eigenvalue weighted by atomic mass is 9.97. The minimum Gasteiger partial charge on any atom is -0.392 e. The number of benzene rings is 1. The number of hydrogen-bond donors (Lipinski definition) is 2. The molecule has 3 atom stereocenters. The summed E-state index contributed by atoms with van der Waals surface area (Å²) in [4.78, 5) is 2.33. The van der Waals surface area contributed by atoms with Gasteiger partial charge in [-0.15, -0.1) is 0 Å². The van der Waals surface area contributed by atoms with Crippen molar-refractivity contribution in [3.05, 3.63) is 35.6 Å². The molecule has 110 valence electrons. The zero-order chi connectivity index (χ0) is 13.9. The summed E-state index contributed by atoms with van der Waals surface area (Å²) in [6, 6.07) is 6.97. The fourth-order valence-electron chi connectivity index (χ4n) is 3.55. The van der Waals surface area contributed by atoms with Crippen molar-refractivity contribution in [3.63, 3.8) is 0 Å². The Labute approximate surface area is 119 Å². The van der Waals surface area contributed by atoms with Gasteiger partial charge in [0.25, 0.3) is 0 Å². The van der Waals surface area contributed by atoms with Crippen molar-refractivity contribution in [1.82, 2.24) is 10.2 Å². The number of hydrogen-bond acceptors (Lipinski definition) is 3. The van der Waals surface area contributed by atoms with Gasteiger partial charge in [-0.05, 0) is 56.0 Å². The van der Waals surface area contributed by atoms with Gasteiger partial charge in [0.2, 0.25) is 0 Å². The van der Waals surface area contributed by atoms with Crippen LogP contribution in [0.2, 0.25) is 0 Å². The van der Waals surface area contributed by atoms with Crippen LogP contribution in [0, 0.1) is 11.7 Å². The van der Waals surface area contributed by atoms with Gasteiger partial charge in [-0.1, -0.05) is 12.1 Å². The Morgan fingerprint density at radius 3 is 3.05 bits per heavy atom. The molecule has 3 unspecified atom stereocenters. The number of halogens is 1. The minimum atomic E-state index is -0.292. The average Bonchev–Trinajstić information content (AvgIpc) is 2.81. The molecular formula is C16H23FN2O. The first kappa shape index (κ1) is 14.0. The van der Waals surface area contributed by atoms with Crippen molar-refractivity contribution in [1.29, 1.82) is 0 Å². The number of rotatable bonds is 3. The van der Waals surface area contributed by atoms with Crippen LogP contribution < -0.4 is 5.32 Å². The number of β-amino-alcohol motifs (C(OH)–C–C–N with tert-alkyl or cyclic N) is 1. The summed E-state index contributed by atoms with van der Waals surface area (Å²) in [5.74, 6) is 0.452. The topological polar surface area (TPSA) is 35.5 Å². The first-order chi connectivity index (χ1) is 9.72. The summed E-state index contributed by atoms with van der Waals surface area (Å²) in [5.41, 5.74) is 0.991. The highest BCUT2D eigenvalue weighted by molar-refractivity contribution is 5.21. The molecule has 3 rings (SSSR count). The molecule has 1 aromatic rings. The average molecular weight is 278 g/mol. The third kappa shape index (κ3) is 3.19. The zero-order valence-corrected chi connectivity index (χ0v) is 11.8. The van der Waals surface area contributed by atoms with Gasteiger partial charge in [-0.3, -0.25) is 4.90 Å². The van der Waals surface area contributed by atoms with Gasteiger partial charge >= 0.3 is 0 Å². The third-order valence-electron chi connectivity index (χ3n) is 4.51. The molecule has 0 bridgehead atoms. The number of likely N-dealkylation sites (tertiary alicyclic amines) is 1. The van der Waals surface area contributed by atoms with Crippen LogP contribution in [0.5, 0.6) is 0 Å². The molecular weight excluding hydrogens is 255 g/mol. The molecule has 0 aromatic heterocycles. The second-order valence-corrected chi connectivity index (χ2v) is 6.13. The highest BCUT2D eigenvalue weighted by Gasteiger charge is 2.33. The number of nitrogens with zero attached hydrogens (tertiary/aromatic N) is 1. The van der Waals surface area contributed by atoms with Crippen molar-refractivity contribution >= 4 is 0 Å². The molecule has 2 fully saturated rings. The minimum absolute atomic E-state index is 0.155. The third-order valence-corrected chi connectivity index (χ3v) is 4.51. The van der Waals surface area contributed by atoms with Crippen LogP contribution in [0.25, 0.3) is 0 Å². The van der Waals surface area contributed by atoms with Crippen LogP contribution in [0.1, 0.15) is 30.9 Å². The molecule has 2 aliphatic heterocycles. The molecule has 2 heterocycles. The Morgan fingerprint density at radius 2 is 2.30 bits per heavy atom. The summed E-state index contributed by atoms with van der Waals surface area (Å²) in [6.45, 7) is 3.87. The number of piperidine rings is 1. The van der Waals surface area contributed by atoms with E-state index in [2.05, 4.69) is 10.2 Å². The molecule has 1 aromatic carbocycles.